The van der Waals surface area contributed by atoms with E-state index in [1.54, 1.807) is 7.11 Å². The summed E-state index contributed by atoms with van der Waals surface area (Å²) in [5.74, 6) is 0. The summed E-state index contributed by atoms with van der Waals surface area (Å²) in [7, 11) is 1.71. The lowest BCUT2D eigenvalue weighted by molar-refractivity contribution is -0.120. The lowest BCUT2D eigenvalue weighted by Gasteiger charge is -2.25. The van der Waals surface area contributed by atoms with Crippen molar-refractivity contribution in [3.05, 3.63) is 35.0 Å². The van der Waals surface area contributed by atoms with Crippen molar-refractivity contribution >= 4 is 28.9 Å². The highest BCUT2D eigenvalue weighted by Gasteiger charge is 2.31. The molecule has 6 nitrogen and oxygen atoms in total. The molecule has 7 heteroatoms. The highest BCUT2D eigenvalue weighted by Crippen LogP contribution is 2.35. The predicted octanol–water partition coefficient (Wildman–Crippen LogP) is 4.01. The Labute approximate surface area is 184 Å². The van der Waals surface area contributed by atoms with E-state index in [2.05, 4.69) is 41.9 Å². The van der Waals surface area contributed by atoms with Crippen molar-refractivity contribution in [2.75, 3.05) is 33.4 Å². The van der Waals surface area contributed by atoms with Crippen LogP contribution in [0.1, 0.15) is 44.7 Å². The molecule has 0 spiro atoms. The first-order valence-electron chi connectivity index (χ1n) is 10.9. The third kappa shape index (κ3) is 5.97. The number of nitrogens with one attached hydrogen (secondary N) is 1. The van der Waals surface area contributed by atoms with Gasteiger partial charge in [0.05, 0.1) is 23.8 Å². The molecule has 166 valence electrons. The number of aromatic nitrogens is 1. The predicted molar refractivity (Wildman–Crippen MR) is 121 cm³/mol. The Bertz CT molecular complexity index is 815. The minimum Gasteiger partial charge on any atom is -0.385 e. The maximum Gasteiger partial charge on any atom is 0.210 e. The Morgan fingerprint density at radius 1 is 1.43 bits per heavy atom. The molecule has 1 amide bonds. The molecule has 30 heavy (non-hydrogen) atoms. The van der Waals surface area contributed by atoms with Crippen molar-refractivity contribution in [3.8, 4) is 0 Å². The van der Waals surface area contributed by atoms with Gasteiger partial charge in [0, 0.05) is 56.5 Å². The number of fused-ring (bicyclic) bond motifs is 1. The van der Waals surface area contributed by atoms with Gasteiger partial charge in [-0.15, -0.1) is 0 Å². The summed E-state index contributed by atoms with van der Waals surface area (Å²) in [6.45, 7) is 8.67. The van der Waals surface area contributed by atoms with Crippen LogP contribution in [0.15, 0.2) is 24.4 Å². The number of rotatable bonds is 8. The number of methoxy groups -OCH3 is 1. The first-order chi connectivity index (χ1) is 14.5. The fourth-order valence-electron chi connectivity index (χ4n) is 3.82. The van der Waals surface area contributed by atoms with Crippen molar-refractivity contribution in [2.24, 2.45) is 0 Å². The molecule has 2 unspecified atom stereocenters. The third-order valence-electron chi connectivity index (χ3n) is 5.74. The molecule has 1 N–H and O–H groups in total. The van der Waals surface area contributed by atoms with Gasteiger partial charge >= 0.3 is 0 Å². The van der Waals surface area contributed by atoms with E-state index in [-0.39, 0.29) is 6.04 Å². The van der Waals surface area contributed by atoms with Crippen molar-refractivity contribution in [2.45, 2.75) is 57.8 Å². The highest BCUT2D eigenvalue weighted by atomic mass is 35.5. The molecule has 2 fully saturated rings. The van der Waals surface area contributed by atoms with E-state index in [9.17, 15) is 4.79 Å². The zero-order valence-electron chi connectivity index (χ0n) is 18.3. The summed E-state index contributed by atoms with van der Waals surface area (Å²) in [5.41, 5.74) is 2.27. The lowest BCUT2D eigenvalue weighted by Crippen LogP contribution is -2.36. The minimum atomic E-state index is 0.0884. The summed E-state index contributed by atoms with van der Waals surface area (Å²) in [4.78, 5) is 13.3. The Morgan fingerprint density at radius 2 is 2.23 bits per heavy atom. The van der Waals surface area contributed by atoms with E-state index in [4.69, 9.17) is 21.1 Å². The van der Waals surface area contributed by atoms with Crippen LogP contribution in [0.25, 0.3) is 10.9 Å². The van der Waals surface area contributed by atoms with Gasteiger partial charge in [-0.2, -0.15) is 0 Å². The van der Waals surface area contributed by atoms with Crippen LogP contribution in [0.2, 0.25) is 5.02 Å². The second-order valence-electron chi connectivity index (χ2n) is 8.14. The molecule has 0 bridgehead atoms. The third-order valence-corrected chi connectivity index (χ3v) is 6.04. The van der Waals surface area contributed by atoms with Gasteiger partial charge in [-0.05, 0) is 44.7 Å². The molecular formula is C23H34ClN3O3. The van der Waals surface area contributed by atoms with E-state index in [1.807, 2.05) is 11.1 Å². The molecule has 1 saturated carbocycles. The molecule has 1 aliphatic heterocycles. The number of hydrogen-bond acceptors (Lipinski definition) is 4. The number of halogens is 1. The number of carbonyl (C=O) groups excluding carboxylic acids is 1. The number of ether oxygens (including phenoxy) is 2. The minimum absolute atomic E-state index is 0.0884. The van der Waals surface area contributed by atoms with Gasteiger partial charge in [-0.25, -0.2) is 0 Å². The second kappa shape index (κ2) is 11.1. The molecule has 4 rings (SSSR count). The average molecular weight is 436 g/mol. The van der Waals surface area contributed by atoms with Crippen LogP contribution in [0.4, 0.5) is 0 Å². The summed E-state index contributed by atoms with van der Waals surface area (Å²) in [5, 5.41) is 5.04. The van der Waals surface area contributed by atoms with Crippen LogP contribution in [-0.4, -0.2) is 61.4 Å². The number of aryl methyl sites for hydroxylation is 1. The quantitative estimate of drug-likeness (QED) is 0.502. The van der Waals surface area contributed by atoms with Gasteiger partial charge in [0.25, 0.3) is 0 Å². The monoisotopic (exact) mass is 435 g/mol. The van der Waals surface area contributed by atoms with Gasteiger partial charge in [-0.1, -0.05) is 23.7 Å². The molecule has 2 aliphatic rings. The smallest absolute Gasteiger partial charge is 0.210 e. The molecule has 1 aliphatic carbocycles. The number of hydrogen-bond donors (Lipinski definition) is 1. The summed E-state index contributed by atoms with van der Waals surface area (Å²) < 4.78 is 12.5. The zero-order valence-corrected chi connectivity index (χ0v) is 19.0. The number of nitrogens with zero attached hydrogens (tertiary/aromatic N) is 2. The molecular weight excluding hydrogens is 402 g/mol. The van der Waals surface area contributed by atoms with Crippen LogP contribution < -0.4 is 5.32 Å². The summed E-state index contributed by atoms with van der Waals surface area (Å²) >= 11 is 6.35. The fourth-order valence-corrected chi connectivity index (χ4v) is 4.10. The topological polar surface area (TPSA) is 55.7 Å². The number of carbonyl (C=O) groups is 1. The van der Waals surface area contributed by atoms with E-state index >= 15 is 0 Å². The number of amides is 1. The molecule has 2 atom stereocenters. The summed E-state index contributed by atoms with van der Waals surface area (Å²) in [6.07, 6.45) is 6.56. The SMILES string of the molecule is CC1CNCCO1.COCCCn1cc(Cl)c2ccc(C(C)N(C=O)C3CC3)cc21. The first kappa shape index (κ1) is 23.1. The van der Waals surface area contributed by atoms with E-state index in [0.29, 0.717) is 12.1 Å². The van der Waals surface area contributed by atoms with Crippen molar-refractivity contribution in [1.29, 1.82) is 0 Å². The maximum atomic E-state index is 11.4. The molecule has 1 aromatic carbocycles. The van der Waals surface area contributed by atoms with Gasteiger partial charge in [0.1, 0.15) is 0 Å². The van der Waals surface area contributed by atoms with E-state index in [1.165, 1.54) is 0 Å². The standard InChI is InChI=1S/C18H23ClN2O2.C5H11NO/c1-13(21(12-22)15-5-6-15)14-4-7-16-17(19)11-20(18(16)10-14)8-3-9-23-2;1-5-4-6-2-3-7-5/h4,7,10-13,15H,3,5-6,8-9H2,1-2H3;5-6H,2-4H2,1H3. The Kier molecular flexibility index (Phi) is 8.57. The second-order valence-corrected chi connectivity index (χ2v) is 8.55. The largest absolute Gasteiger partial charge is 0.385 e. The Morgan fingerprint density at radius 3 is 2.80 bits per heavy atom. The average Bonchev–Trinajstić information content (AvgIpc) is 3.54. The van der Waals surface area contributed by atoms with Gasteiger partial charge in [0.15, 0.2) is 0 Å². The van der Waals surface area contributed by atoms with E-state index in [0.717, 1.165) is 80.0 Å². The Hall–Kier alpha value is -1.60. The Balaban J connectivity index is 0.000000310. The molecule has 0 radical (unpaired) electrons. The van der Waals surface area contributed by atoms with Gasteiger partial charge < -0.3 is 24.3 Å². The number of morpholine rings is 1. The van der Waals surface area contributed by atoms with Crippen LogP contribution in [0.3, 0.4) is 0 Å². The number of benzene rings is 1. The fraction of sp³-hybridized carbons (Fsp3) is 0.609. The maximum absolute atomic E-state index is 11.4. The van der Waals surface area contributed by atoms with Crippen LogP contribution >= 0.6 is 11.6 Å². The van der Waals surface area contributed by atoms with Crippen molar-refractivity contribution < 1.29 is 14.3 Å². The molecule has 1 aromatic heterocycles. The summed E-state index contributed by atoms with van der Waals surface area (Å²) in [6, 6.07) is 6.81. The molecule has 1 saturated heterocycles. The molecule has 2 aromatic rings. The zero-order chi connectivity index (χ0) is 21.5. The van der Waals surface area contributed by atoms with E-state index < -0.39 is 0 Å². The van der Waals surface area contributed by atoms with Crippen molar-refractivity contribution in [1.82, 2.24) is 14.8 Å². The highest BCUT2D eigenvalue weighted by molar-refractivity contribution is 6.35. The van der Waals surface area contributed by atoms with Crippen molar-refractivity contribution in [3.63, 3.8) is 0 Å². The van der Waals surface area contributed by atoms with Crippen LogP contribution in [0, 0.1) is 0 Å². The van der Waals surface area contributed by atoms with Crippen LogP contribution in [0.5, 0.6) is 0 Å². The molecule has 2 heterocycles. The van der Waals surface area contributed by atoms with Gasteiger partial charge in [0.2, 0.25) is 6.41 Å². The lowest BCUT2D eigenvalue weighted by atomic mass is 10.1. The van der Waals surface area contributed by atoms with Crippen LogP contribution in [-0.2, 0) is 20.8 Å². The normalized spacial score (nSPS) is 19.8. The first-order valence-corrected chi connectivity index (χ1v) is 11.2. The van der Waals surface area contributed by atoms with Gasteiger partial charge in [-0.3, -0.25) is 4.79 Å².